The van der Waals surface area contributed by atoms with Crippen LogP contribution in [0, 0.1) is 7.14 Å². The molecule has 0 aliphatic carbocycles. The smallest absolute Gasteiger partial charge is 0.281 e. The van der Waals surface area contributed by atoms with Gasteiger partial charge in [0.2, 0.25) is 0 Å². The highest BCUT2D eigenvalue weighted by atomic mass is 127. The average Bonchev–Trinajstić information content (AvgIpc) is 2.00. The molecule has 6 heteroatoms. The lowest BCUT2D eigenvalue weighted by Crippen LogP contribution is -2.01. The Morgan fingerprint density at radius 1 is 1.42 bits per heavy atom. The summed E-state index contributed by atoms with van der Waals surface area (Å²) in [6, 6.07) is 0. The van der Waals surface area contributed by atoms with Gasteiger partial charge < -0.3 is 5.73 Å². The van der Waals surface area contributed by atoms with E-state index in [1.54, 1.807) is 22.6 Å². The van der Waals surface area contributed by atoms with Crippen LogP contribution in [0.1, 0.15) is 12.1 Å². The summed E-state index contributed by atoms with van der Waals surface area (Å²) in [5.41, 5.74) is 5.67. The molecule has 0 aliphatic rings. The van der Waals surface area contributed by atoms with Gasteiger partial charge in [-0.3, -0.25) is 4.98 Å². The molecule has 0 bridgehead atoms. The van der Waals surface area contributed by atoms with Crippen molar-refractivity contribution in [2.24, 2.45) is 0 Å². The second kappa shape index (κ2) is 3.99. The maximum Gasteiger partial charge on any atom is 0.281 e. The zero-order chi connectivity index (χ0) is 9.30. The van der Waals surface area contributed by atoms with E-state index in [1.165, 1.54) is 6.20 Å². The standard InChI is InChI=1S/C6H4F2I2N2/c7-6(8)5-3(10)4(11)2(9)1-12-5/h1,6H,(H2,11,12). The van der Waals surface area contributed by atoms with E-state index in [0.29, 0.717) is 12.8 Å². The largest absolute Gasteiger partial charge is 0.397 e. The predicted molar refractivity (Wildman–Crippen MR) is 59.0 cm³/mol. The Labute approximate surface area is 95.2 Å². The summed E-state index contributed by atoms with van der Waals surface area (Å²) < 4.78 is 25.5. The zero-order valence-electron chi connectivity index (χ0n) is 5.69. The number of nitrogens with zero attached hydrogens (tertiary/aromatic N) is 1. The number of nitrogen functional groups attached to an aromatic ring is 1. The van der Waals surface area contributed by atoms with Crippen LogP contribution in [0.3, 0.4) is 0 Å². The van der Waals surface area contributed by atoms with E-state index in [4.69, 9.17) is 5.73 Å². The van der Waals surface area contributed by atoms with Crippen LogP contribution >= 0.6 is 45.2 Å². The maximum absolute atomic E-state index is 12.2. The molecule has 0 fully saturated rings. The van der Waals surface area contributed by atoms with Gasteiger partial charge in [0.05, 0.1) is 12.8 Å². The lowest BCUT2D eigenvalue weighted by atomic mass is 10.3. The molecule has 0 amide bonds. The summed E-state index contributed by atoms with van der Waals surface area (Å²) in [6.45, 7) is 0. The van der Waals surface area contributed by atoms with Crippen molar-refractivity contribution < 1.29 is 8.78 Å². The van der Waals surface area contributed by atoms with Crippen molar-refractivity contribution in [2.45, 2.75) is 6.43 Å². The third-order valence-electron chi connectivity index (χ3n) is 1.24. The van der Waals surface area contributed by atoms with Crippen LogP contribution in [0.5, 0.6) is 0 Å². The van der Waals surface area contributed by atoms with Crippen molar-refractivity contribution in [1.82, 2.24) is 4.98 Å². The summed E-state index contributed by atoms with van der Waals surface area (Å²) in [4.78, 5) is 3.59. The average molecular weight is 396 g/mol. The molecular weight excluding hydrogens is 392 g/mol. The fourth-order valence-electron chi connectivity index (χ4n) is 0.647. The molecular formula is C6H4F2I2N2. The van der Waals surface area contributed by atoms with Crippen LogP contribution in [0.15, 0.2) is 6.20 Å². The molecule has 1 rings (SSSR count). The monoisotopic (exact) mass is 396 g/mol. The van der Waals surface area contributed by atoms with Gasteiger partial charge in [0.1, 0.15) is 5.69 Å². The number of hydrogen-bond donors (Lipinski definition) is 1. The van der Waals surface area contributed by atoms with Gasteiger partial charge in [0.15, 0.2) is 0 Å². The van der Waals surface area contributed by atoms with Gasteiger partial charge in [-0.05, 0) is 45.2 Å². The van der Waals surface area contributed by atoms with E-state index in [1.807, 2.05) is 22.6 Å². The number of alkyl halides is 2. The van der Waals surface area contributed by atoms with E-state index in [-0.39, 0.29) is 5.69 Å². The van der Waals surface area contributed by atoms with E-state index in [2.05, 4.69) is 4.98 Å². The van der Waals surface area contributed by atoms with E-state index in [0.717, 1.165) is 0 Å². The lowest BCUT2D eigenvalue weighted by molar-refractivity contribution is 0.145. The van der Waals surface area contributed by atoms with E-state index >= 15 is 0 Å². The Hall–Kier alpha value is 0.270. The first-order chi connectivity index (χ1) is 5.54. The number of pyridine rings is 1. The van der Waals surface area contributed by atoms with Crippen molar-refractivity contribution in [3.63, 3.8) is 0 Å². The molecule has 0 saturated heterocycles. The van der Waals surface area contributed by atoms with Gasteiger partial charge in [-0.25, -0.2) is 8.78 Å². The molecule has 2 nitrogen and oxygen atoms in total. The van der Waals surface area contributed by atoms with Gasteiger partial charge in [-0.1, -0.05) is 0 Å². The first-order valence-corrected chi connectivity index (χ1v) is 5.07. The summed E-state index contributed by atoms with van der Waals surface area (Å²) in [5.74, 6) is 0. The van der Waals surface area contributed by atoms with Gasteiger partial charge in [0.25, 0.3) is 6.43 Å². The highest BCUT2D eigenvalue weighted by Gasteiger charge is 2.16. The molecule has 1 heterocycles. The first kappa shape index (κ1) is 10.4. The van der Waals surface area contributed by atoms with Gasteiger partial charge >= 0.3 is 0 Å². The van der Waals surface area contributed by atoms with Crippen LogP contribution in [-0.4, -0.2) is 4.98 Å². The molecule has 0 saturated carbocycles. The Balaban J connectivity index is 3.27. The molecule has 0 aliphatic heterocycles. The Morgan fingerprint density at radius 3 is 2.50 bits per heavy atom. The number of hydrogen-bond acceptors (Lipinski definition) is 2. The maximum atomic E-state index is 12.2. The molecule has 0 atom stereocenters. The molecule has 66 valence electrons. The summed E-state index contributed by atoms with van der Waals surface area (Å²) in [7, 11) is 0. The molecule has 2 N–H and O–H groups in total. The van der Waals surface area contributed by atoms with Crippen molar-refractivity contribution in [3.8, 4) is 0 Å². The van der Waals surface area contributed by atoms with Crippen molar-refractivity contribution in [2.75, 3.05) is 5.73 Å². The Kier molecular flexibility index (Phi) is 3.44. The Morgan fingerprint density at radius 2 is 2.00 bits per heavy atom. The first-order valence-electron chi connectivity index (χ1n) is 2.91. The number of nitrogens with two attached hydrogens (primary N) is 1. The fourth-order valence-corrected chi connectivity index (χ4v) is 2.24. The lowest BCUT2D eigenvalue weighted by Gasteiger charge is -2.05. The molecule has 1 aromatic rings. The molecule has 0 unspecified atom stereocenters. The summed E-state index contributed by atoms with van der Waals surface area (Å²) in [6.07, 6.45) is -1.21. The van der Waals surface area contributed by atoms with Gasteiger partial charge in [-0.15, -0.1) is 0 Å². The van der Waals surface area contributed by atoms with E-state index in [9.17, 15) is 8.78 Å². The highest BCUT2D eigenvalue weighted by molar-refractivity contribution is 14.1. The third kappa shape index (κ3) is 1.95. The quantitative estimate of drug-likeness (QED) is 0.743. The van der Waals surface area contributed by atoms with Crippen LogP contribution in [0.4, 0.5) is 14.5 Å². The number of aromatic nitrogens is 1. The fraction of sp³-hybridized carbons (Fsp3) is 0.167. The minimum Gasteiger partial charge on any atom is -0.397 e. The van der Waals surface area contributed by atoms with Gasteiger partial charge in [-0.2, -0.15) is 0 Å². The van der Waals surface area contributed by atoms with Crippen molar-refractivity contribution >= 4 is 50.9 Å². The minimum atomic E-state index is -2.56. The number of halogens is 4. The molecule has 0 aromatic carbocycles. The number of rotatable bonds is 1. The zero-order valence-corrected chi connectivity index (χ0v) is 10.0. The second-order valence-corrected chi connectivity index (χ2v) is 4.26. The van der Waals surface area contributed by atoms with Crippen LogP contribution in [0.2, 0.25) is 0 Å². The molecule has 0 radical (unpaired) electrons. The molecule has 1 aromatic heterocycles. The van der Waals surface area contributed by atoms with Gasteiger partial charge in [0, 0.05) is 6.20 Å². The van der Waals surface area contributed by atoms with Crippen LogP contribution in [0.25, 0.3) is 0 Å². The Bertz CT molecular complexity index is 304. The second-order valence-electron chi connectivity index (χ2n) is 2.02. The summed E-state index contributed by atoms with van der Waals surface area (Å²) in [5, 5.41) is 0. The summed E-state index contributed by atoms with van der Waals surface area (Å²) >= 11 is 3.73. The topological polar surface area (TPSA) is 38.9 Å². The molecule has 12 heavy (non-hydrogen) atoms. The number of anilines is 1. The van der Waals surface area contributed by atoms with Crippen LogP contribution < -0.4 is 5.73 Å². The minimum absolute atomic E-state index is 0.242. The molecule has 0 spiro atoms. The highest BCUT2D eigenvalue weighted by Crippen LogP contribution is 2.28. The van der Waals surface area contributed by atoms with Crippen molar-refractivity contribution in [1.29, 1.82) is 0 Å². The normalized spacial score (nSPS) is 10.8. The third-order valence-corrected chi connectivity index (χ3v) is 3.24. The van der Waals surface area contributed by atoms with E-state index < -0.39 is 6.43 Å². The predicted octanol–water partition coefficient (Wildman–Crippen LogP) is 2.81. The SMILES string of the molecule is Nc1c(I)cnc(C(F)F)c1I. The van der Waals surface area contributed by atoms with Crippen LogP contribution in [-0.2, 0) is 0 Å². The van der Waals surface area contributed by atoms with Crippen molar-refractivity contribution in [3.05, 3.63) is 19.0 Å².